The Balaban J connectivity index is 3.31. The first-order valence-electron chi connectivity index (χ1n) is 5.93. The number of aliphatic carboxylic acids is 1. The van der Waals surface area contributed by atoms with E-state index in [-0.39, 0.29) is 4.47 Å². The third-order valence-electron chi connectivity index (χ3n) is 2.71. The smallest absolute Gasteiger partial charge is 0.417 e. The summed E-state index contributed by atoms with van der Waals surface area (Å²) in [6.07, 6.45) is -4.71. The van der Waals surface area contributed by atoms with Crippen molar-refractivity contribution in [3.8, 4) is 0 Å². The molecule has 21 heavy (non-hydrogen) atoms. The van der Waals surface area contributed by atoms with Crippen LogP contribution in [0.15, 0.2) is 22.7 Å². The lowest BCUT2D eigenvalue weighted by Crippen LogP contribution is -2.41. The van der Waals surface area contributed by atoms with E-state index in [0.717, 1.165) is 17.0 Å². The predicted octanol–water partition coefficient (Wildman–Crippen LogP) is 3.40. The molecule has 0 aromatic heterocycles. The fourth-order valence-electron chi connectivity index (χ4n) is 1.73. The molecule has 0 bridgehead atoms. The van der Waals surface area contributed by atoms with E-state index in [1.807, 2.05) is 0 Å². The molecule has 1 rings (SSSR count). The number of alkyl halides is 3. The molecule has 1 aromatic rings. The number of rotatable bonds is 4. The Labute approximate surface area is 127 Å². The first kappa shape index (κ1) is 17.5. The highest BCUT2D eigenvalue weighted by atomic mass is 79.9. The molecule has 1 amide bonds. The van der Waals surface area contributed by atoms with Crippen molar-refractivity contribution >= 4 is 27.8 Å². The molecule has 0 radical (unpaired) electrons. The average Bonchev–Trinajstić information content (AvgIpc) is 2.33. The molecule has 8 heteroatoms. The van der Waals surface area contributed by atoms with E-state index in [2.05, 4.69) is 15.9 Å². The van der Waals surface area contributed by atoms with Gasteiger partial charge in [-0.3, -0.25) is 9.59 Å². The first-order chi connectivity index (χ1) is 9.54. The number of nitrogens with zero attached hydrogens (tertiary/aromatic N) is 1. The zero-order valence-corrected chi connectivity index (χ0v) is 12.8. The molecule has 1 aromatic carbocycles. The highest BCUT2D eigenvalue weighted by Crippen LogP contribution is 2.34. The van der Waals surface area contributed by atoms with Gasteiger partial charge in [-0.2, -0.15) is 13.2 Å². The maximum absolute atomic E-state index is 13.0. The lowest BCUT2D eigenvalue weighted by molar-refractivity contribution is -0.138. The Morgan fingerprint density at radius 3 is 2.33 bits per heavy atom. The van der Waals surface area contributed by atoms with Gasteiger partial charge in [0.25, 0.3) is 5.91 Å². The number of carboxylic acids is 1. The van der Waals surface area contributed by atoms with Crippen molar-refractivity contribution < 1.29 is 27.9 Å². The highest BCUT2D eigenvalue weighted by Gasteiger charge is 2.37. The molecule has 0 spiro atoms. The molecule has 0 saturated carbocycles. The summed E-state index contributed by atoms with van der Waals surface area (Å²) in [5.74, 6) is -2.25. The molecule has 0 aliphatic heterocycles. The Morgan fingerprint density at radius 1 is 1.33 bits per heavy atom. The average molecular weight is 368 g/mol. The molecule has 0 fully saturated rings. The van der Waals surface area contributed by atoms with E-state index in [9.17, 15) is 22.8 Å². The molecule has 0 aliphatic carbocycles. The summed E-state index contributed by atoms with van der Waals surface area (Å²) in [4.78, 5) is 23.9. The summed E-state index contributed by atoms with van der Waals surface area (Å²) in [6, 6.07) is 2.60. The first-order valence-corrected chi connectivity index (χ1v) is 6.73. The van der Waals surface area contributed by atoms with Gasteiger partial charge in [-0.1, -0.05) is 15.9 Å². The Morgan fingerprint density at radius 2 is 1.90 bits per heavy atom. The normalized spacial score (nSPS) is 11.6. The van der Waals surface area contributed by atoms with Crippen molar-refractivity contribution in [2.24, 2.45) is 0 Å². The zero-order valence-electron chi connectivity index (χ0n) is 11.2. The number of amides is 1. The molecule has 116 valence electrons. The van der Waals surface area contributed by atoms with Gasteiger partial charge in [0.05, 0.1) is 11.1 Å². The van der Waals surface area contributed by atoms with E-state index in [1.54, 1.807) is 0 Å². The number of carbonyl (C=O) groups is 2. The van der Waals surface area contributed by atoms with Crippen molar-refractivity contribution in [3.63, 3.8) is 0 Å². The molecule has 0 heterocycles. The van der Waals surface area contributed by atoms with Gasteiger partial charge >= 0.3 is 12.1 Å². The topological polar surface area (TPSA) is 57.6 Å². The van der Waals surface area contributed by atoms with Crippen molar-refractivity contribution in [1.82, 2.24) is 4.90 Å². The van der Waals surface area contributed by atoms with Gasteiger partial charge in [0.2, 0.25) is 0 Å². The van der Waals surface area contributed by atoms with E-state index in [1.165, 1.54) is 19.9 Å². The van der Waals surface area contributed by atoms with Crippen LogP contribution in [0.3, 0.4) is 0 Å². The second-order valence-corrected chi connectivity index (χ2v) is 5.52. The lowest BCUT2D eigenvalue weighted by Gasteiger charge is -2.26. The van der Waals surface area contributed by atoms with E-state index in [0.29, 0.717) is 0 Å². The summed E-state index contributed by atoms with van der Waals surface area (Å²) in [5.41, 5.74) is -1.67. The van der Waals surface area contributed by atoms with Gasteiger partial charge in [0.15, 0.2) is 0 Å². The van der Waals surface area contributed by atoms with Gasteiger partial charge in [0, 0.05) is 10.5 Å². The molecular formula is C13H13BrF3NO3. The fraction of sp³-hybridized carbons (Fsp3) is 0.385. The third kappa shape index (κ3) is 4.45. The van der Waals surface area contributed by atoms with Crippen LogP contribution in [0.4, 0.5) is 13.2 Å². The van der Waals surface area contributed by atoms with Crippen LogP contribution in [0, 0.1) is 0 Å². The van der Waals surface area contributed by atoms with Crippen molar-refractivity contribution in [1.29, 1.82) is 0 Å². The maximum Gasteiger partial charge on any atom is 0.417 e. The maximum atomic E-state index is 13.0. The van der Waals surface area contributed by atoms with E-state index in [4.69, 9.17) is 5.11 Å². The van der Waals surface area contributed by atoms with Gasteiger partial charge in [0.1, 0.15) is 6.54 Å². The summed E-state index contributed by atoms with van der Waals surface area (Å²) in [5, 5.41) is 8.78. The summed E-state index contributed by atoms with van der Waals surface area (Å²) >= 11 is 2.93. The minimum atomic E-state index is -4.71. The van der Waals surface area contributed by atoms with Crippen LogP contribution in [0.5, 0.6) is 0 Å². The largest absolute Gasteiger partial charge is 0.480 e. The van der Waals surface area contributed by atoms with Gasteiger partial charge in [-0.15, -0.1) is 0 Å². The summed E-state index contributed by atoms with van der Waals surface area (Å²) in [6.45, 7) is 2.41. The molecule has 0 saturated heterocycles. The number of halogens is 4. The van der Waals surface area contributed by atoms with Gasteiger partial charge in [-0.05, 0) is 32.0 Å². The number of benzene rings is 1. The van der Waals surface area contributed by atoms with Crippen LogP contribution in [-0.2, 0) is 11.0 Å². The van der Waals surface area contributed by atoms with Crippen LogP contribution in [-0.4, -0.2) is 34.5 Å². The molecule has 4 nitrogen and oxygen atoms in total. The minimum Gasteiger partial charge on any atom is -0.480 e. The Kier molecular flexibility index (Phi) is 5.38. The Bertz CT molecular complexity index is 558. The van der Waals surface area contributed by atoms with Crippen LogP contribution < -0.4 is 0 Å². The number of hydrogen-bond acceptors (Lipinski definition) is 2. The van der Waals surface area contributed by atoms with Gasteiger partial charge < -0.3 is 10.0 Å². The number of hydrogen-bond donors (Lipinski definition) is 1. The molecule has 0 atom stereocenters. The summed E-state index contributed by atoms with van der Waals surface area (Å²) < 4.78 is 39.2. The summed E-state index contributed by atoms with van der Waals surface area (Å²) in [7, 11) is 0. The second kappa shape index (κ2) is 6.46. The number of carbonyl (C=O) groups excluding carboxylic acids is 1. The highest BCUT2D eigenvalue weighted by molar-refractivity contribution is 9.10. The van der Waals surface area contributed by atoms with Gasteiger partial charge in [-0.25, -0.2) is 0 Å². The Hall–Kier alpha value is -1.57. The third-order valence-corrected chi connectivity index (χ3v) is 3.20. The number of carboxylic acid groups (broad SMARTS) is 1. The molecule has 1 N–H and O–H groups in total. The quantitative estimate of drug-likeness (QED) is 0.886. The van der Waals surface area contributed by atoms with Crippen LogP contribution in [0.1, 0.15) is 29.8 Å². The van der Waals surface area contributed by atoms with Crippen molar-refractivity contribution in [2.45, 2.75) is 26.1 Å². The SMILES string of the molecule is CC(C)N(CC(=O)O)C(=O)c1ccc(Br)cc1C(F)(F)F. The predicted molar refractivity (Wildman–Crippen MR) is 73.0 cm³/mol. The molecule has 0 aliphatic rings. The van der Waals surface area contributed by atoms with E-state index < -0.39 is 41.8 Å². The minimum absolute atomic E-state index is 0.181. The monoisotopic (exact) mass is 367 g/mol. The van der Waals surface area contributed by atoms with Crippen LogP contribution in [0.25, 0.3) is 0 Å². The second-order valence-electron chi connectivity index (χ2n) is 4.61. The fourth-order valence-corrected chi connectivity index (χ4v) is 2.09. The molecular weight excluding hydrogens is 355 g/mol. The standard InChI is InChI=1S/C13H13BrF3NO3/c1-7(2)18(6-11(19)20)12(21)9-4-3-8(14)5-10(9)13(15,16)17/h3-5,7H,6H2,1-2H3,(H,19,20). The van der Waals surface area contributed by atoms with Crippen LogP contribution >= 0.6 is 15.9 Å². The van der Waals surface area contributed by atoms with Crippen molar-refractivity contribution in [3.05, 3.63) is 33.8 Å². The van der Waals surface area contributed by atoms with Crippen molar-refractivity contribution in [2.75, 3.05) is 6.54 Å². The zero-order chi connectivity index (χ0) is 16.4. The van der Waals surface area contributed by atoms with Crippen LogP contribution in [0.2, 0.25) is 0 Å². The molecule has 0 unspecified atom stereocenters. The van der Waals surface area contributed by atoms with E-state index >= 15 is 0 Å². The lowest BCUT2D eigenvalue weighted by atomic mass is 10.1.